The molecule has 120 valence electrons. The van der Waals surface area contributed by atoms with Gasteiger partial charge in [0.25, 0.3) is 0 Å². The summed E-state index contributed by atoms with van der Waals surface area (Å²) in [7, 11) is 0. The standard InChI is InChI=1S/C14H15F3N2O3/c15-13(16,17)14(18-12(20)19-8-4-1-5-9-19)21-10-6-2-3-7-11(10)22-14/h2-3,6-7H,1,4-5,8-9H2,(H,18,20). The molecule has 0 unspecified atom stereocenters. The SMILES string of the molecule is O=C(NC1(C(F)(F)F)Oc2ccccc2O1)N1CCCCC1. The average molecular weight is 316 g/mol. The molecule has 2 amide bonds. The van der Waals surface area contributed by atoms with Gasteiger partial charge >= 0.3 is 18.1 Å². The van der Waals surface area contributed by atoms with E-state index >= 15 is 0 Å². The second kappa shape index (κ2) is 5.26. The summed E-state index contributed by atoms with van der Waals surface area (Å²) in [6, 6.07) is 4.93. The highest BCUT2D eigenvalue weighted by Gasteiger charge is 2.66. The van der Waals surface area contributed by atoms with Gasteiger partial charge < -0.3 is 14.4 Å². The number of ether oxygens (including phenoxy) is 2. The quantitative estimate of drug-likeness (QED) is 0.867. The van der Waals surface area contributed by atoms with E-state index in [4.69, 9.17) is 9.47 Å². The van der Waals surface area contributed by atoms with Gasteiger partial charge in [-0.2, -0.15) is 13.2 Å². The van der Waals surface area contributed by atoms with Crippen LogP contribution in [0.5, 0.6) is 11.5 Å². The fraction of sp³-hybridized carbons (Fsp3) is 0.500. The molecule has 0 aromatic heterocycles. The maximum atomic E-state index is 13.4. The van der Waals surface area contributed by atoms with Crippen LogP contribution < -0.4 is 14.8 Å². The minimum atomic E-state index is -4.92. The molecule has 0 atom stereocenters. The average Bonchev–Trinajstić information content (AvgIpc) is 2.87. The molecule has 2 aliphatic rings. The van der Waals surface area contributed by atoms with Crippen molar-refractivity contribution in [3.05, 3.63) is 24.3 Å². The van der Waals surface area contributed by atoms with Crippen molar-refractivity contribution in [3.8, 4) is 11.5 Å². The van der Waals surface area contributed by atoms with Crippen LogP contribution in [0.4, 0.5) is 18.0 Å². The summed E-state index contributed by atoms with van der Waals surface area (Å²) in [4.78, 5) is 13.5. The Labute approximate surface area is 125 Å². The molecule has 1 aromatic carbocycles. The lowest BCUT2D eigenvalue weighted by Crippen LogP contribution is -2.66. The van der Waals surface area contributed by atoms with E-state index in [2.05, 4.69) is 0 Å². The Morgan fingerprint density at radius 1 is 1.09 bits per heavy atom. The highest BCUT2D eigenvalue weighted by Crippen LogP contribution is 2.44. The zero-order chi connectivity index (χ0) is 15.8. The molecule has 8 heteroatoms. The van der Waals surface area contributed by atoms with Crippen LogP contribution in [0.1, 0.15) is 19.3 Å². The summed E-state index contributed by atoms with van der Waals surface area (Å²) in [6.07, 6.45) is -2.41. The first kappa shape index (κ1) is 14.8. The maximum absolute atomic E-state index is 13.4. The fourth-order valence-electron chi connectivity index (χ4n) is 2.50. The van der Waals surface area contributed by atoms with Crippen molar-refractivity contribution in [1.82, 2.24) is 10.2 Å². The Balaban J connectivity index is 1.82. The summed E-state index contributed by atoms with van der Waals surface area (Å²) in [5, 5.41) is 1.87. The van der Waals surface area contributed by atoms with Gasteiger partial charge in [-0.1, -0.05) is 12.1 Å². The monoisotopic (exact) mass is 316 g/mol. The largest absolute Gasteiger partial charge is 0.492 e. The highest BCUT2D eigenvalue weighted by molar-refractivity contribution is 5.75. The van der Waals surface area contributed by atoms with Gasteiger partial charge in [0, 0.05) is 13.1 Å². The first-order valence-corrected chi connectivity index (χ1v) is 7.02. The van der Waals surface area contributed by atoms with Gasteiger partial charge in [0.1, 0.15) is 0 Å². The third kappa shape index (κ3) is 2.53. The lowest BCUT2D eigenvalue weighted by molar-refractivity contribution is -0.318. The summed E-state index contributed by atoms with van der Waals surface area (Å²) >= 11 is 0. The van der Waals surface area contributed by atoms with Crippen LogP contribution in [0.15, 0.2) is 24.3 Å². The van der Waals surface area contributed by atoms with Crippen LogP contribution >= 0.6 is 0 Å². The van der Waals surface area contributed by atoms with E-state index in [1.54, 1.807) is 0 Å². The van der Waals surface area contributed by atoms with E-state index in [9.17, 15) is 18.0 Å². The van der Waals surface area contributed by atoms with Crippen LogP contribution in [-0.2, 0) is 0 Å². The number of benzene rings is 1. The molecule has 0 radical (unpaired) electrons. The molecule has 3 rings (SSSR count). The molecule has 1 saturated heterocycles. The van der Waals surface area contributed by atoms with Crippen LogP contribution in [0.2, 0.25) is 0 Å². The summed E-state index contributed by atoms with van der Waals surface area (Å²) in [5.41, 5.74) is 0. The number of para-hydroxylation sites is 2. The van der Waals surface area contributed by atoms with Crippen molar-refractivity contribution in [3.63, 3.8) is 0 Å². The molecular formula is C14H15F3N2O3. The van der Waals surface area contributed by atoms with E-state index in [0.717, 1.165) is 19.3 Å². The molecule has 22 heavy (non-hydrogen) atoms. The maximum Gasteiger partial charge on any atom is 0.492 e. The normalized spacial score (nSPS) is 19.9. The molecule has 1 N–H and O–H groups in total. The second-order valence-corrected chi connectivity index (χ2v) is 5.24. The molecule has 0 saturated carbocycles. The Morgan fingerprint density at radius 2 is 1.64 bits per heavy atom. The van der Waals surface area contributed by atoms with Crippen LogP contribution in [0, 0.1) is 0 Å². The van der Waals surface area contributed by atoms with Crippen molar-refractivity contribution in [2.75, 3.05) is 13.1 Å². The van der Waals surface area contributed by atoms with E-state index in [-0.39, 0.29) is 11.5 Å². The number of nitrogens with zero attached hydrogens (tertiary/aromatic N) is 1. The van der Waals surface area contributed by atoms with Crippen molar-refractivity contribution in [2.24, 2.45) is 0 Å². The van der Waals surface area contributed by atoms with Crippen LogP contribution in [0.3, 0.4) is 0 Å². The van der Waals surface area contributed by atoms with Crippen molar-refractivity contribution >= 4 is 6.03 Å². The van der Waals surface area contributed by atoms with Gasteiger partial charge in [-0.15, -0.1) is 0 Å². The molecule has 2 heterocycles. The second-order valence-electron chi connectivity index (χ2n) is 5.24. The minimum absolute atomic E-state index is 0.0567. The van der Waals surface area contributed by atoms with Gasteiger partial charge in [0.2, 0.25) is 0 Å². The lowest BCUT2D eigenvalue weighted by atomic mass is 10.1. The van der Waals surface area contributed by atoms with Crippen LogP contribution in [0.25, 0.3) is 0 Å². The Hall–Kier alpha value is -2.12. The van der Waals surface area contributed by atoms with Gasteiger partial charge in [0.15, 0.2) is 11.5 Å². The summed E-state index contributed by atoms with van der Waals surface area (Å²) in [6.45, 7) is 0.847. The molecule has 1 fully saturated rings. The number of carbonyl (C=O) groups excluding carboxylic acids is 1. The van der Waals surface area contributed by atoms with Crippen LogP contribution in [-0.4, -0.2) is 36.1 Å². The third-order valence-corrected chi connectivity index (χ3v) is 3.64. The Bertz CT molecular complexity index is 546. The van der Waals surface area contributed by atoms with E-state index < -0.39 is 18.1 Å². The summed E-state index contributed by atoms with van der Waals surface area (Å²) in [5.74, 6) is -3.29. The zero-order valence-electron chi connectivity index (χ0n) is 11.7. The number of likely N-dealkylation sites (tertiary alicyclic amines) is 1. The van der Waals surface area contributed by atoms with E-state index in [1.165, 1.54) is 29.2 Å². The number of hydrogen-bond acceptors (Lipinski definition) is 3. The number of hydrogen-bond donors (Lipinski definition) is 1. The number of nitrogens with one attached hydrogen (secondary N) is 1. The predicted molar refractivity (Wildman–Crippen MR) is 70.4 cm³/mol. The number of alkyl halides is 3. The van der Waals surface area contributed by atoms with E-state index in [1.807, 2.05) is 5.32 Å². The van der Waals surface area contributed by atoms with Gasteiger partial charge in [-0.05, 0) is 31.4 Å². The number of fused-ring (bicyclic) bond motifs is 1. The molecule has 2 aliphatic heterocycles. The molecule has 0 aliphatic carbocycles. The third-order valence-electron chi connectivity index (χ3n) is 3.64. The molecule has 0 bridgehead atoms. The minimum Gasteiger partial charge on any atom is -0.424 e. The fourth-order valence-corrected chi connectivity index (χ4v) is 2.50. The van der Waals surface area contributed by atoms with Crippen molar-refractivity contribution in [2.45, 2.75) is 31.3 Å². The van der Waals surface area contributed by atoms with Gasteiger partial charge in [0.05, 0.1) is 0 Å². The highest BCUT2D eigenvalue weighted by atomic mass is 19.4. The van der Waals surface area contributed by atoms with E-state index in [0.29, 0.717) is 13.1 Å². The first-order valence-electron chi connectivity index (χ1n) is 7.02. The van der Waals surface area contributed by atoms with Gasteiger partial charge in [-0.3, -0.25) is 5.32 Å². The molecule has 0 spiro atoms. The molecule has 1 aromatic rings. The predicted octanol–water partition coefficient (Wildman–Crippen LogP) is 2.87. The molecule has 5 nitrogen and oxygen atoms in total. The lowest BCUT2D eigenvalue weighted by Gasteiger charge is -2.33. The topological polar surface area (TPSA) is 50.8 Å². The number of urea groups is 1. The van der Waals surface area contributed by atoms with Gasteiger partial charge in [-0.25, -0.2) is 4.79 Å². The zero-order valence-corrected chi connectivity index (χ0v) is 11.7. The summed E-state index contributed by atoms with van der Waals surface area (Å²) < 4.78 is 50.1. The number of halogens is 3. The number of amides is 2. The first-order chi connectivity index (χ1) is 10.4. The Kier molecular flexibility index (Phi) is 3.54. The molecular weight excluding hydrogens is 301 g/mol. The number of rotatable bonds is 1. The smallest absolute Gasteiger partial charge is 0.424 e. The number of carbonyl (C=O) groups is 1. The van der Waals surface area contributed by atoms with Crippen molar-refractivity contribution < 1.29 is 27.4 Å². The van der Waals surface area contributed by atoms with Crippen molar-refractivity contribution in [1.29, 1.82) is 0 Å². The number of piperidine rings is 1. The Morgan fingerprint density at radius 3 is 2.14 bits per heavy atom.